The summed E-state index contributed by atoms with van der Waals surface area (Å²) in [6.07, 6.45) is 3.36. The Morgan fingerprint density at radius 1 is 1.40 bits per heavy atom. The van der Waals surface area contributed by atoms with Gasteiger partial charge in [-0.15, -0.1) is 0 Å². The van der Waals surface area contributed by atoms with E-state index in [1.54, 1.807) is 19.5 Å². The molecular formula is C9H14BrN3O2. The molecule has 0 saturated carbocycles. The molecular weight excluding hydrogens is 262 g/mol. The lowest BCUT2D eigenvalue weighted by atomic mass is 10.5. The van der Waals surface area contributed by atoms with E-state index in [4.69, 9.17) is 9.84 Å². The fraction of sp³-hybridized carbons (Fsp3) is 0.556. The maximum Gasteiger partial charge on any atom is 0.225 e. The second-order valence-electron chi connectivity index (χ2n) is 2.90. The monoisotopic (exact) mass is 275 g/mol. The highest BCUT2D eigenvalue weighted by molar-refractivity contribution is 9.10. The van der Waals surface area contributed by atoms with E-state index in [0.717, 1.165) is 4.47 Å². The highest BCUT2D eigenvalue weighted by atomic mass is 79.9. The van der Waals surface area contributed by atoms with E-state index in [2.05, 4.69) is 25.9 Å². The Kier molecular flexibility index (Phi) is 5.52. The third kappa shape index (κ3) is 4.11. The maximum absolute atomic E-state index is 8.90. The first-order valence-corrected chi connectivity index (χ1v) is 5.39. The Labute approximate surface area is 97.2 Å². The molecule has 0 amide bonds. The second kappa shape index (κ2) is 6.71. The number of aliphatic hydroxyl groups is 1. The predicted molar refractivity (Wildman–Crippen MR) is 60.9 cm³/mol. The van der Waals surface area contributed by atoms with Crippen LogP contribution in [0.25, 0.3) is 0 Å². The van der Waals surface area contributed by atoms with Crippen LogP contribution in [0.3, 0.4) is 0 Å². The lowest BCUT2D eigenvalue weighted by Crippen LogP contribution is -2.31. The van der Waals surface area contributed by atoms with Crippen LogP contribution in [0, 0.1) is 0 Å². The Bertz CT molecular complexity index is 281. The van der Waals surface area contributed by atoms with E-state index >= 15 is 0 Å². The first-order valence-electron chi connectivity index (χ1n) is 4.60. The van der Waals surface area contributed by atoms with E-state index in [1.165, 1.54) is 0 Å². The Morgan fingerprint density at radius 2 is 2.07 bits per heavy atom. The third-order valence-electron chi connectivity index (χ3n) is 1.82. The fourth-order valence-electron chi connectivity index (χ4n) is 1.10. The van der Waals surface area contributed by atoms with E-state index in [0.29, 0.717) is 25.6 Å². The number of halogens is 1. The lowest BCUT2D eigenvalue weighted by Gasteiger charge is -2.20. The van der Waals surface area contributed by atoms with Crippen molar-refractivity contribution in [2.75, 3.05) is 38.3 Å². The Balaban J connectivity index is 2.65. The highest BCUT2D eigenvalue weighted by Crippen LogP contribution is 2.10. The molecule has 0 bridgehead atoms. The van der Waals surface area contributed by atoms with Crippen molar-refractivity contribution in [2.24, 2.45) is 0 Å². The molecule has 0 aliphatic heterocycles. The van der Waals surface area contributed by atoms with Gasteiger partial charge in [-0.3, -0.25) is 0 Å². The van der Waals surface area contributed by atoms with Crippen molar-refractivity contribution in [1.82, 2.24) is 9.97 Å². The van der Waals surface area contributed by atoms with Crippen LogP contribution in [0.1, 0.15) is 0 Å². The molecule has 0 aromatic carbocycles. The van der Waals surface area contributed by atoms with Crippen LogP contribution in [-0.2, 0) is 4.74 Å². The molecule has 1 N–H and O–H groups in total. The summed E-state index contributed by atoms with van der Waals surface area (Å²) < 4.78 is 5.81. The van der Waals surface area contributed by atoms with Gasteiger partial charge in [0.1, 0.15) is 0 Å². The maximum atomic E-state index is 8.90. The summed E-state index contributed by atoms with van der Waals surface area (Å²) in [6, 6.07) is 0. The first-order chi connectivity index (χ1) is 7.27. The summed E-state index contributed by atoms with van der Waals surface area (Å²) in [7, 11) is 1.64. The summed E-state index contributed by atoms with van der Waals surface area (Å²) in [5.41, 5.74) is 0. The summed E-state index contributed by atoms with van der Waals surface area (Å²) >= 11 is 3.27. The number of methoxy groups -OCH3 is 1. The molecule has 0 fully saturated rings. The molecule has 1 rings (SSSR count). The summed E-state index contributed by atoms with van der Waals surface area (Å²) in [4.78, 5) is 10.2. The molecule has 6 heteroatoms. The summed E-state index contributed by atoms with van der Waals surface area (Å²) in [5, 5.41) is 8.90. The number of hydrogen-bond acceptors (Lipinski definition) is 5. The van der Waals surface area contributed by atoms with Crippen LogP contribution in [0.2, 0.25) is 0 Å². The Hall–Kier alpha value is -0.720. The standard InChI is InChI=1S/C9H14BrN3O2/c1-15-5-3-13(2-4-14)9-11-6-8(10)7-12-9/h6-7,14H,2-5H2,1H3. The summed E-state index contributed by atoms with van der Waals surface area (Å²) in [5.74, 6) is 0.601. The van der Waals surface area contributed by atoms with E-state index in [-0.39, 0.29) is 6.61 Å². The van der Waals surface area contributed by atoms with Crippen molar-refractivity contribution in [2.45, 2.75) is 0 Å². The van der Waals surface area contributed by atoms with Gasteiger partial charge in [0.15, 0.2) is 0 Å². The van der Waals surface area contributed by atoms with Gasteiger partial charge >= 0.3 is 0 Å². The molecule has 0 aliphatic rings. The van der Waals surface area contributed by atoms with Gasteiger partial charge in [-0.25, -0.2) is 9.97 Å². The molecule has 84 valence electrons. The van der Waals surface area contributed by atoms with Crippen LogP contribution in [0.4, 0.5) is 5.95 Å². The van der Waals surface area contributed by atoms with Crippen molar-refractivity contribution < 1.29 is 9.84 Å². The van der Waals surface area contributed by atoms with Gasteiger partial charge in [-0.1, -0.05) is 0 Å². The van der Waals surface area contributed by atoms with Crippen molar-refractivity contribution in [3.05, 3.63) is 16.9 Å². The highest BCUT2D eigenvalue weighted by Gasteiger charge is 2.07. The lowest BCUT2D eigenvalue weighted by molar-refractivity contribution is 0.202. The molecule has 1 heterocycles. The minimum atomic E-state index is 0.0726. The zero-order valence-corrected chi connectivity index (χ0v) is 10.1. The number of aromatic nitrogens is 2. The SMILES string of the molecule is COCCN(CCO)c1ncc(Br)cn1. The minimum absolute atomic E-state index is 0.0726. The van der Waals surface area contributed by atoms with Crippen LogP contribution >= 0.6 is 15.9 Å². The molecule has 0 unspecified atom stereocenters. The van der Waals surface area contributed by atoms with Crippen molar-refractivity contribution in [1.29, 1.82) is 0 Å². The van der Waals surface area contributed by atoms with Gasteiger partial charge in [0, 0.05) is 32.6 Å². The first kappa shape index (κ1) is 12.4. The third-order valence-corrected chi connectivity index (χ3v) is 2.23. The van der Waals surface area contributed by atoms with Crippen LogP contribution < -0.4 is 4.90 Å². The zero-order valence-electron chi connectivity index (χ0n) is 8.56. The number of anilines is 1. The molecule has 15 heavy (non-hydrogen) atoms. The van der Waals surface area contributed by atoms with E-state index < -0.39 is 0 Å². The molecule has 0 radical (unpaired) electrons. The van der Waals surface area contributed by atoms with Crippen LogP contribution in [-0.4, -0.2) is 48.5 Å². The normalized spacial score (nSPS) is 10.3. The van der Waals surface area contributed by atoms with Crippen LogP contribution in [0.15, 0.2) is 16.9 Å². The molecule has 0 saturated heterocycles. The zero-order chi connectivity index (χ0) is 11.1. The van der Waals surface area contributed by atoms with Gasteiger partial charge in [-0.05, 0) is 15.9 Å². The fourth-order valence-corrected chi connectivity index (χ4v) is 1.31. The number of rotatable bonds is 6. The molecule has 0 aliphatic carbocycles. The van der Waals surface area contributed by atoms with Gasteiger partial charge in [0.25, 0.3) is 0 Å². The van der Waals surface area contributed by atoms with Crippen LogP contribution in [0.5, 0.6) is 0 Å². The van der Waals surface area contributed by atoms with Gasteiger partial charge in [0.05, 0.1) is 17.7 Å². The minimum Gasteiger partial charge on any atom is -0.395 e. The quantitative estimate of drug-likeness (QED) is 0.828. The molecule has 0 atom stereocenters. The Morgan fingerprint density at radius 3 is 2.60 bits per heavy atom. The van der Waals surface area contributed by atoms with Gasteiger partial charge in [-0.2, -0.15) is 0 Å². The molecule has 0 spiro atoms. The molecule has 1 aromatic rings. The number of aliphatic hydroxyl groups excluding tert-OH is 1. The number of hydrogen-bond donors (Lipinski definition) is 1. The average Bonchev–Trinajstić information content (AvgIpc) is 2.25. The summed E-state index contributed by atoms with van der Waals surface area (Å²) in [6.45, 7) is 1.83. The smallest absolute Gasteiger partial charge is 0.225 e. The average molecular weight is 276 g/mol. The van der Waals surface area contributed by atoms with Gasteiger partial charge < -0.3 is 14.7 Å². The number of nitrogens with zero attached hydrogens (tertiary/aromatic N) is 3. The topological polar surface area (TPSA) is 58.5 Å². The second-order valence-corrected chi connectivity index (χ2v) is 3.82. The van der Waals surface area contributed by atoms with Crippen molar-refractivity contribution in [3.8, 4) is 0 Å². The van der Waals surface area contributed by atoms with Crippen molar-refractivity contribution >= 4 is 21.9 Å². The van der Waals surface area contributed by atoms with E-state index in [1.807, 2.05) is 4.90 Å². The molecule has 5 nitrogen and oxygen atoms in total. The largest absolute Gasteiger partial charge is 0.395 e. The van der Waals surface area contributed by atoms with E-state index in [9.17, 15) is 0 Å². The molecule has 1 aromatic heterocycles. The van der Waals surface area contributed by atoms with Gasteiger partial charge in [0.2, 0.25) is 5.95 Å². The predicted octanol–water partition coefficient (Wildman–Crippen LogP) is 0.684. The van der Waals surface area contributed by atoms with Crippen molar-refractivity contribution in [3.63, 3.8) is 0 Å². The number of ether oxygens (including phenoxy) is 1.